The van der Waals surface area contributed by atoms with Crippen LogP contribution in [0.1, 0.15) is 26.7 Å². The van der Waals surface area contributed by atoms with E-state index in [9.17, 15) is 9.59 Å². The van der Waals surface area contributed by atoms with Gasteiger partial charge in [0.15, 0.2) is 0 Å². The van der Waals surface area contributed by atoms with Gasteiger partial charge in [0, 0.05) is 20.1 Å². The van der Waals surface area contributed by atoms with Crippen molar-refractivity contribution in [3.05, 3.63) is 0 Å². The Kier molecular flexibility index (Phi) is 6.48. The van der Waals surface area contributed by atoms with Crippen molar-refractivity contribution in [2.24, 2.45) is 0 Å². The first-order chi connectivity index (χ1) is 7.37. The molecule has 0 spiro atoms. The third kappa shape index (κ3) is 8.05. The summed E-state index contributed by atoms with van der Waals surface area (Å²) in [6, 6.07) is -0.313. The highest BCUT2D eigenvalue weighted by atomic mass is 16.5. The number of methoxy groups -OCH3 is 1. The second-order valence-corrected chi connectivity index (χ2v) is 4.20. The number of rotatable bonds is 7. The summed E-state index contributed by atoms with van der Waals surface area (Å²) < 4.78 is 4.94. The van der Waals surface area contributed by atoms with Crippen LogP contribution in [-0.2, 0) is 9.53 Å². The van der Waals surface area contributed by atoms with Crippen molar-refractivity contribution in [3.63, 3.8) is 0 Å². The van der Waals surface area contributed by atoms with Gasteiger partial charge in [-0.05, 0) is 20.3 Å². The average molecular weight is 232 g/mol. The molecule has 94 valence electrons. The molecule has 3 N–H and O–H groups in total. The van der Waals surface area contributed by atoms with Crippen LogP contribution >= 0.6 is 0 Å². The molecule has 0 aliphatic heterocycles. The quantitative estimate of drug-likeness (QED) is 0.560. The van der Waals surface area contributed by atoms with Crippen LogP contribution < -0.4 is 10.6 Å². The average Bonchev–Trinajstić information content (AvgIpc) is 2.11. The van der Waals surface area contributed by atoms with Crippen molar-refractivity contribution in [1.29, 1.82) is 0 Å². The van der Waals surface area contributed by atoms with E-state index in [1.54, 1.807) is 7.11 Å². The molecule has 2 amide bonds. The van der Waals surface area contributed by atoms with Crippen LogP contribution in [0.4, 0.5) is 4.79 Å². The predicted octanol–water partition coefficient (Wildman–Crippen LogP) is 0.575. The number of urea groups is 1. The van der Waals surface area contributed by atoms with Gasteiger partial charge in [0.2, 0.25) is 0 Å². The van der Waals surface area contributed by atoms with E-state index in [4.69, 9.17) is 9.84 Å². The highest BCUT2D eigenvalue weighted by molar-refractivity contribution is 5.74. The Balaban J connectivity index is 3.69. The molecule has 0 saturated carbocycles. The van der Waals surface area contributed by atoms with Gasteiger partial charge in [-0.15, -0.1) is 0 Å². The van der Waals surface area contributed by atoms with Crippen LogP contribution in [-0.4, -0.2) is 42.9 Å². The molecule has 0 fully saturated rings. The van der Waals surface area contributed by atoms with Crippen LogP contribution in [0.3, 0.4) is 0 Å². The zero-order valence-electron chi connectivity index (χ0n) is 10.0. The Morgan fingerprint density at radius 3 is 2.50 bits per heavy atom. The molecule has 0 aliphatic carbocycles. The number of carbonyl (C=O) groups is 2. The molecular weight excluding hydrogens is 212 g/mol. The zero-order valence-corrected chi connectivity index (χ0v) is 10.0. The normalized spacial score (nSPS) is 10.9. The smallest absolute Gasteiger partial charge is 0.315 e. The Hall–Kier alpha value is -1.30. The number of ether oxygens (including phenoxy) is 1. The minimum Gasteiger partial charge on any atom is -0.481 e. The lowest BCUT2D eigenvalue weighted by atomic mass is 10.1. The standard InChI is InChI=1S/C10H20N2O4/c1-10(2,7-16-3)12-9(15)11-6-4-5-8(13)14/h4-7H2,1-3H3,(H,13,14)(H2,11,12,15). The summed E-state index contributed by atoms with van der Waals surface area (Å²) in [5.74, 6) is -0.859. The van der Waals surface area contributed by atoms with Gasteiger partial charge in [0.05, 0.1) is 12.1 Å². The van der Waals surface area contributed by atoms with E-state index in [1.165, 1.54) is 0 Å². The third-order valence-corrected chi connectivity index (χ3v) is 1.81. The fourth-order valence-electron chi connectivity index (χ4n) is 1.19. The Labute approximate surface area is 95.4 Å². The van der Waals surface area contributed by atoms with Gasteiger partial charge in [-0.25, -0.2) is 4.79 Å². The summed E-state index contributed by atoms with van der Waals surface area (Å²) >= 11 is 0. The Bertz CT molecular complexity index is 241. The zero-order chi connectivity index (χ0) is 12.6. The maximum Gasteiger partial charge on any atom is 0.315 e. The van der Waals surface area contributed by atoms with E-state index in [0.29, 0.717) is 19.6 Å². The maximum atomic E-state index is 11.4. The molecule has 0 rings (SSSR count). The molecule has 0 saturated heterocycles. The van der Waals surface area contributed by atoms with Crippen LogP contribution in [0.2, 0.25) is 0 Å². The molecule has 0 radical (unpaired) electrons. The highest BCUT2D eigenvalue weighted by Gasteiger charge is 2.19. The third-order valence-electron chi connectivity index (χ3n) is 1.81. The molecular formula is C10H20N2O4. The molecule has 6 heteroatoms. The van der Waals surface area contributed by atoms with E-state index in [-0.39, 0.29) is 12.5 Å². The first kappa shape index (κ1) is 14.7. The molecule has 16 heavy (non-hydrogen) atoms. The fourth-order valence-corrected chi connectivity index (χ4v) is 1.19. The fraction of sp³-hybridized carbons (Fsp3) is 0.800. The summed E-state index contributed by atoms with van der Waals surface area (Å²) in [4.78, 5) is 21.6. The van der Waals surface area contributed by atoms with Gasteiger partial charge >= 0.3 is 12.0 Å². The van der Waals surface area contributed by atoms with Gasteiger partial charge in [-0.3, -0.25) is 4.79 Å². The van der Waals surface area contributed by atoms with Crippen molar-refractivity contribution in [2.75, 3.05) is 20.3 Å². The minimum absolute atomic E-state index is 0.0573. The molecule has 0 aromatic carbocycles. The summed E-state index contributed by atoms with van der Waals surface area (Å²) in [6.45, 7) is 4.44. The number of hydrogen-bond donors (Lipinski definition) is 3. The lowest BCUT2D eigenvalue weighted by Gasteiger charge is -2.25. The van der Waals surface area contributed by atoms with E-state index >= 15 is 0 Å². The number of aliphatic carboxylic acids is 1. The van der Waals surface area contributed by atoms with E-state index in [2.05, 4.69) is 10.6 Å². The lowest BCUT2D eigenvalue weighted by molar-refractivity contribution is -0.137. The Morgan fingerprint density at radius 1 is 1.38 bits per heavy atom. The largest absolute Gasteiger partial charge is 0.481 e. The number of nitrogens with one attached hydrogen (secondary N) is 2. The molecule has 0 aromatic rings. The van der Waals surface area contributed by atoms with E-state index in [0.717, 1.165) is 0 Å². The summed E-state index contributed by atoms with van der Waals surface area (Å²) in [7, 11) is 1.56. The minimum atomic E-state index is -0.859. The maximum absolute atomic E-state index is 11.4. The summed E-state index contributed by atoms with van der Waals surface area (Å²) in [5, 5.41) is 13.7. The monoisotopic (exact) mass is 232 g/mol. The van der Waals surface area contributed by atoms with Crippen molar-refractivity contribution in [1.82, 2.24) is 10.6 Å². The number of carboxylic acids is 1. The SMILES string of the molecule is COCC(C)(C)NC(=O)NCCCC(=O)O. The molecule has 0 unspecified atom stereocenters. The van der Waals surface area contributed by atoms with Crippen molar-refractivity contribution >= 4 is 12.0 Å². The molecule has 6 nitrogen and oxygen atoms in total. The van der Waals surface area contributed by atoms with Gasteiger partial charge in [0.25, 0.3) is 0 Å². The second-order valence-electron chi connectivity index (χ2n) is 4.20. The van der Waals surface area contributed by atoms with Crippen LogP contribution in [0.25, 0.3) is 0 Å². The Morgan fingerprint density at radius 2 is 2.00 bits per heavy atom. The summed E-state index contributed by atoms with van der Waals surface area (Å²) in [5.41, 5.74) is -0.439. The van der Waals surface area contributed by atoms with Crippen LogP contribution in [0.5, 0.6) is 0 Å². The number of carboxylic acid groups (broad SMARTS) is 1. The van der Waals surface area contributed by atoms with Gasteiger partial charge in [0.1, 0.15) is 0 Å². The van der Waals surface area contributed by atoms with E-state index < -0.39 is 11.5 Å². The second kappa shape index (κ2) is 7.05. The lowest BCUT2D eigenvalue weighted by Crippen LogP contribution is -2.51. The topological polar surface area (TPSA) is 87.7 Å². The molecule has 0 aromatic heterocycles. The first-order valence-electron chi connectivity index (χ1n) is 5.14. The highest BCUT2D eigenvalue weighted by Crippen LogP contribution is 2.01. The van der Waals surface area contributed by atoms with Crippen LogP contribution in [0, 0.1) is 0 Å². The molecule has 0 atom stereocenters. The van der Waals surface area contributed by atoms with Crippen molar-refractivity contribution < 1.29 is 19.4 Å². The van der Waals surface area contributed by atoms with E-state index in [1.807, 2.05) is 13.8 Å². The predicted molar refractivity (Wildman–Crippen MR) is 59.4 cm³/mol. The van der Waals surface area contributed by atoms with Crippen molar-refractivity contribution in [2.45, 2.75) is 32.2 Å². The first-order valence-corrected chi connectivity index (χ1v) is 5.14. The number of amides is 2. The van der Waals surface area contributed by atoms with Gasteiger partial charge < -0.3 is 20.5 Å². The summed E-state index contributed by atoms with van der Waals surface area (Å²) in [6.07, 6.45) is 0.481. The van der Waals surface area contributed by atoms with Gasteiger partial charge in [-0.2, -0.15) is 0 Å². The number of carbonyl (C=O) groups excluding carboxylic acids is 1. The van der Waals surface area contributed by atoms with Gasteiger partial charge in [-0.1, -0.05) is 0 Å². The molecule has 0 heterocycles. The van der Waals surface area contributed by atoms with Crippen molar-refractivity contribution in [3.8, 4) is 0 Å². The number of hydrogen-bond acceptors (Lipinski definition) is 3. The molecule has 0 aliphatic rings. The molecule has 0 bridgehead atoms. The van der Waals surface area contributed by atoms with Crippen LogP contribution in [0.15, 0.2) is 0 Å².